The van der Waals surface area contributed by atoms with Crippen molar-refractivity contribution in [1.29, 1.82) is 0 Å². The molecule has 6 N–H and O–H groups in total. The van der Waals surface area contributed by atoms with E-state index < -0.39 is 29.8 Å². The van der Waals surface area contributed by atoms with E-state index in [9.17, 15) is 49.5 Å². The molecule has 0 unspecified atom stereocenters. The Morgan fingerprint density at radius 2 is 0.990 bits per heavy atom. The summed E-state index contributed by atoms with van der Waals surface area (Å²) in [7, 11) is 1.97. The Labute approximate surface area is 593 Å². The molecule has 4 saturated carbocycles. The highest BCUT2D eigenvalue weighted by Crippen LogP contribution is 2.47. The van der Waals surface area contributed by atoms with E-state index in [0.29, 0.717) is 51.7 Å². The Morgan fingerprint density at radius 1 is 0.495 bits per heavy atom. The Balaban J connectivity index is 0.000000121. The van der Waals surface area contributed by atoms with Gasteiger partial charge >= 0.3 is 29.8 Å². The average Bonchev–Trinajstić information content (AvgIpc) is 1.62. The Morgan fingerprint density at radius 3 is 1.52 bits per heavy atom. The summed E-state index contributed by atoms with van der Waals surface area (Å²) in [6, 6.07) is 48.5. The van der Waals surface area contributed by atoms with E-state index in [4.69, 9.17) is 4.42 Å². The lowest BCUT2D eigenvalue weighted by atomic mass is 9.82. The second-order valence-electron chi connectivity index (χ2n) is 27.4. The number of carbonyl (C=O) groups is 5. The van der Waals surface area contributed by atoms with Gasteiger partial charge in [0.2, 0.25) is 0 Å². The fourth-order valence-corrected chi connectivity index (χ4v) is 16.6. The number of aromatic amines is 1. The number of carboxylic acid groups (broad SMARTS) is 5. The van der Waals surface area contributed by atoms with Crippen LogP contribution in [0.1, 0.15) is 210 Å². The van der Waals surface area contributed by atoms with Gasteiger partial charge < -0.3 is 48.6 Å². The third-order valence-corrected chi connectivity index (χ3v) is 21.5. The average molecular weight is 1420 g/mol. The number of benzene rings is 6. The molecule has 4 fully saturated rings. The molecule has 6 aromatic heterocycles. The molecule has 518 valence electrons. The van der Waals surface area contributed by atoms with Gasteiger partial charge in [0.1, 0.15) is 6.54 Å². The molecule has 0 bridgehead atoms. The van der Waals surface area contributed by atoms with Gasteiger partial charge in [-0.05, 0) is 186 Å². The van der Waals surface area contributed by atoms with Crippen molar-refractivity contribution in [3.63, 3.8) is 0 Å². The standard InChI is InChI=1S/C22H21BrN2O4.2C21H21NO2.C19H20N2O3/c23-15-7-9-17(24-11-15)21-20(13-4-2-1-3-5-13)16-8-6-14(22(28)29)10-18(16)25(21)12-19(26)27;23-21(24)16-11-12-19-17(13-16)14-20(15-7-3-1-4-8-15)22(19)18-9-5-2-6-10-18;23-21(24)16-11-12-17-18(13-16)22-20(15-9-5-2-6-10-15)19(17)14-7-3-1-4-8-14;1-21-15-9-13(19(22)23)7-8-14(15)17(12-5-3-2-4-6-12)18(21)16-10-20-11-24-16/h6-11,13H,1-5,12H2,(H,26,27)(H,28,29);1,3-4,7-8,11-14,18H,2,5-6,9-10H2,(H,23,24);2,5-6,9-14,22H,1,3-4,7-8H2,(H,23,24);7-12H,2-6H2,1H3,(H,22,23). The number of H-pyrrole nitrogens is 1. The number of nitrogens with one attached hydrogen (secondary N) is 1. The molecule has 4 aliphatic rings. The molecule has 0 aliphatic heterocycles. The highest BCUT2D eigenvalue weighted by Gasteiger charge is 2.31. The molecule has 101 heavy (non-hydrogen) atoms. The van der Waals surface area contributed by atoms with Crippen molar-refractivity contribution >= 4 is 89.4 Å². The summed E-state index contributed by atoms with van der Waals surface area (Å²) in [5.74, 6) is -2.58. The molecule has 0 radical (unpaired) electrons. The number of aromatic nitrogens is 6. The summed E-state index contributed by atoms with van der Waals surface area (Å²) in [4.78, 5) is 69.3. The quantitative estimate of drug-likeness (QED) is 0.0593. The van der Waals surface area contributed by atoms with Gasteiger partial charge in [-0.3, -0.25) is 9.78 Å². The van der Waals surface area contributed by atoms with Gasteiger partial charge in [0.25, 0.3) is 0 Å². The van der Waals surface area contributed by atoms with Crippen LogP contribution in [-0.4, -0.2) is 84.0 Å². The second kappa shape index (κ2) is 31.1. The molecular weight excluding hydrogens is 1340 g/mol. The Bertz CT molecular complexity index is 4820. The molecular formula is C83H83BrN6O11. The molecule has 18 heteroatoms. The second-order valence-corrected chi connectivity index (χ2v) is 28.3. The van der Waals surface area contributed by atoms with Gasteiger partial charge in [0, 0.05) is 73.2 Å². The minimum atomic E-state index is -1.03. The fourth-order valence-electron chi connectivity index (χ4n) is 16.4. The van der Waals surface area contributed by atoms with Gasteiger partial charge in [-0.25, -0.2) is 24.2 Å². The van der Waals surface area contributed by atoms with Crippen LogP contribution < -0.4 is 0 Å². The largest absolute Gasteiger partial charge is 0.480 e. The van der Waals surface area contributed by atoms with Crippen molar-refractivity contribution < 1.29 is 53.9 Å². The van der Waals surface area contributed by atoms with E-state index in [1.807, 2.05) is 72.3 Å². The monoisotopic (exact) mass is 1420 g/mol. The lowest BCUT2D eigenvalue weighted by molar-refractivity contribution is -0.137. The number of nitrogens with zero attached hydrogens (tertiary/aromatic N) is 5. The number of aliphatic carboxylic acids is 1. The number of carboxylic acids is 5. The van der Waals surface area contributed by atoms with Crippen LogP contribution in [0, 0.1) is 0 Å². The summed E-state index contributed by atoms with van der Waals surface area (Å²) >= 11 is 3.40. The lowest BCUT2D eigenvalue weighted by Crippen LogP contribution is -2.13. The van der Waals surface area contributed by atoms with Crippen LogP contribution >= 0.6 is 15.9 Å². The van der Waals surface area contributed by atoms with Crippen LogP contribution in [0.15, 0.2) is 179 Å². The number of oxazole rings is 1. The molecule has 16 rings (SSSR count). The first-order valence-corrected chi connectivity index (χ1v) is 36.2. The van der Waals surface area contributed by atoms with E-state index in [2.05, 4.69) is 77.9 Å². The number of aryl methyl sites for hydroxylation is 1. The predicted molar refractivity (Wildman–Crippen MR) is 397 cm³/mol. The topological polar surface area (TPSA) is 256 Å². The molecule has 17 nitrogen and oxygen atoms in total. The van der Waals surface area contributed by atoms with Gasteiger partial charge in [0.05, 0.1) is 51.0 Å². The summed E-state index contributed by atoms with van der Waals surface area (Å²) in [6.07, 6.45) is 29.1. The first-order chi connectivity index (χ1) is 49.1. The minimum Gasteiger partial charge on any atom is -0.480 e. The SMILES string of the molecule is Cn1c(-c2cnco2)c(C2CCCCC2)c2ccc(C(=O)O)cc21.O=C(O)Cn1c(-c2ccc(Br)cn2)c(C2CCCCC2)c2ccc(C(=O)O)cc21.O=C(O)c1ccc2c(C3CCCCC3)c(-c3ccccc3)[nH]c2c1.O=C(O)c1ccc2c(c1)cc(-c1ccccc1)n2C1CCCCC1. The molecule has 12 aromatic rings. The zero-order valence-electron chi connectivity index (χ0n) is 56.6. The van der Waals surface area contributed by atoms with Crippen LogP contribution in [0.2, 0.25) is 0 Å². The van der Waals surface area contributed by atoms with E-state index in [0.717, 1.165) is 91.3 Å². The summed E-state index contributed by atoms with van der Waals surface area (Å²) in [5.41, 5.74) is 15.7. The fraction of sp³-hybridized carbons (Fsp3) is 0.313. The minimum absolute atomic E-state index is 0.146. The number of hydrogen-bond acceptors (Lipinski definition) is 8. The third kappa shape index (κ3) is 15.0. The molecule has 0 amide bonds. The van der Waals surface area contributed by atoms with Gasteiger partial charge in [0.15, 0.2) is 12.2 Å². The smallest absolute Gasteiger partial charge is 0.335 e. The van der Waals surface area contributed by atoms with Crippen LogP contribution in [-0.2, 0) is 18.4 Å². The third-order valence-electron chi connectivity index (χ3n) is 21.1. The summed E-state index contributed by atoms with van der Waals surface area (Å²) in [6.45, 7) is -0.251. The van der Waals surface area contributed by atoms with E-state index in [1.54, 1.807) is 65.5 Å². The highest BCUT2D eigenvalue weighted by molar-refractivity contribution is 9.10. The molecule has 0 saturated heterocycles. The number of fused-ring (bicyclic) bond motifs is 4. The van der Waals surface area contributed by atoms with E-state index >= 15 is 0 Å². The van der Waals surface area contributed by atoms with Crippen molar-refractivity contribution in [3.8, 4) is 45.4 Å². The van der Waals surface area contributed by atoms with Gasteiger partial charge in [-0.15, -0.1) is 0 Å². The maximum Gasteiger partial charge on any atom is 0.335 e. The molecule has 6 heterocycles. The van der Waals surface area contributed by atoms with Crippen LogP contribution in [0.4, 0.5) is 0 Å². The molecule has 0 atom stereocenters. The molecule has 4 aliphatic carbocycles. The zero-order chi connectivity index (χ0) is 70.3. The highest BCUT2D eigenvalue weighted by atomic mass is 79.9. The number of halogens is 1. The van der Waals surface area contributed by atoms with Crippen LogP contribution in [0.25, 0.3) is 89.0 Å². The van der Waals surface area contributed by atoms with Crippen molar-refractivity contribution in [3.05, 3.63) is 214 Å². The Kier molecular flexibility index (Phi) is 21.3. The predicted octanol–water partition coefficient (Wildman–Crippen LogP) is 21.0. The lowest BCUT2D eigenvalue weighted by Gasteiger charge is -2.26. The first-order valence-electron chi connectivity index (χ1n) is 35.5. The number of hydrogen-bond donors (Lipinski definition) is 6. The van der Waals surface area contributed by atoms with Gasteiger partial charge in [-0.2, -0.15) is 0 Å². The number of aromatic carboxylic acids is 4. The Hall–Kier alpha value is -10.3. The number of rotatable bonds is 14. The normalized spacial score (nSPS) is 15.5. The van der Waals surface area contributed by atoms with Crippen molar-refractivity contribution in [1.82, 2.24) is 28.7 Å². The van der Waals surface area contributed by atoms with Crippen LogP contribution in [0.5, 0.6) is 0 Å². The van der Waals surface area contributed by atoms with Crippen LogP contribution in [0.3, 0.4) is 0 Å². The van der Waals surface area contributed by atoms with E-state index in [1.165, 1.54) is 142 Å². The van der Waals surface area contributed by atoms with E-state index in [-0.39, 0.29) is 12.1 Å². The number of pyridine rings is 1. The maximum atomic E-state index is 11.7. The molecule has 0 spiro atoms. The van der Waals surface area contributed by atoms with Crippen molar-refractivity contribution in [2.75, 3.05) is 0 Å². The summed E-state index contributed by atoms with van der Waals surface area (Å²) < 4.78 is 12.6. The van der Waals surface area contributed by atoms with Crippen molar-refractivity contribution in [2.24, 2.45) is 7.05 Å². The molecule has 6 aromatic carbocycles. The first kappa shape index (κ1) is 69.2. The summed E-state index contributed by atoms with van der Waals surface area (Å²) in [5, 5.41) is 51.1. The van der Waals surface area contributed by atoms with Gasteiger partial charge in [-0.1, -0.05) is 156 Å². The van der Waals surface area contributed by atoms with Crippen molar-refractivity contribution in [2.45, 2.75) is 159 Å². The zero-order valence-corrected chi connectivity index (χ0v) is 58.2. The maximum absolute atomic E-state index is 11.7.